The molecule has 0 spiro atoms. The summed E-state index contributed by atoms with van der Waals surface area (Å²) in [4.78, 5) is 23.3. The zero-order chi connectivity index (χ0) is 17.5. The number of methoxy groups -OCH3 is 1. The lowest BCUT2D eigenvalue weighted by Crippen LogP contribution is -2.29. The smallest absolute Gasteiger partial charge is 0.248 e. The van der Waals surface area contributed by atoms with Crippen molar-refractivity contribution in [2.24, 2.45) is 5.73 Å². The third-order valence-corrected chi connectivity index (χ3v) is 3.66. The molecule has 0 fully saturated rings. The van der Waals surface area contributed by atoms with E-state index in [0.717, 1.165) is 11.1 Å². The number of ether oxygens (including phenoxy) is 1. The van der Waals surface area contributed by atoms with E-state index >= 15 is 0 Å². The van der Waals surface area contributed by atoms with Gasteiger partial charge < -0.3 is 21.1 Å². The fourth-order valence-electron chi connectivity index (χ4n) is 2.24. The summed E-state index contributed by atoms with van der Waals surface area (Å²) in [6.07, 6.45) is 0. The lowest BCUT2D eigenvalue weighted by Gasteiger charge is -2.13. The number of benzene rings is 2. The van der Waals surface area contributed by atoms with Crippen molar-refractivity contribution in [3.63, 3.8) is 0 Å². The zero-order valence-corrected chi connectivity index (χ0v) is 13.8. The lowest BCUT2D eigenvalue weighted by atomic mass is 10.1. The first-order chi connectivity index (χ1) is 11.5. The predicted molar refractivity (Wildman–Crippen MR) is 93.0 cm³/mol. The van der Waals surface area contributed by atoms with Gasteiger partial charge in [-0.3, -0.25) is 9.59 Å². The lowest BCUT2D eigenvalue weighted by molar-refractivity contribution is -0.119. The van der Waals surface area contributed by atoms with Crippen LogP contribution in [0.1, 0.15) is 21.5 Å². The van der Waals surface area contributed by atoms with Gasteiger partial charge in [0.1, 0.15) is 5.75 Å². The van der Waals surface area contributed by atoms with Crippen LogP contribution < -0.4 is 21.1 Å². The quantitative estimate of drug-likeness (QED) is 0.723. The van der Waals surface area contributed by atoms with Crippen molar-refractivity contribution in [1.29, 1.82) is 0 Å². The van der Waals surface area contributed by atoms with Crippen LogP contribution in [0.2, 0.25) is 0 Å². The molecule has 6 heteroatoms. The number of carbonyl (C=O) groups is 2. The molecule has 0 unspecified atom stereocenters. The third-order valence-electron chi connectivity index (χ3n) is 3.66. The second-order valence-electron chi connectivity index (χ2n) is 5.34. The van der Waals surface area contributed by atoms with Gasteiger partial charge in [-0.15, -0.1) is 0 Å². The molecule has 2 aromatic carbocycles. The standard InChI is InChI=1S/C18H21N3O3/c1-12-5-3-4-6-14(12)10-21-17(22)11-20-15-9-13(18(19)23)7-8-16(15)24-2/h3-9,20H,10-11H2,1-2H3,(H2,19,23)(H,21,22). The topological polar surface area (TPSA) is 93.4 Å². The van der Waals surface area contributed by atoms with Crippen molar-refractivity contribution in [2.75, 3.05) is 19.0 Å². The van der Waals surface area contributed by atoms with Crippen LogP contribution in [0.25, 0.3) is 0 Å². The molecule has 126 valence electrons. The largest absolute Gasteiger partial charge is 0.495 e. The maximum absolute atomic E-state index is 12.0. The number of nitrogens with two attached hydrogens (primary N) is 1. The fraction of sp³-hybridized carbons (Fsp3) is 0.222. The number of anilines is 1. The molecule has 0 aliphatic rings. The van der Waals surface area contributed by atoms with Gasteiger partial charge in [-0.05, 0) is 36.2 Å². The number of carbonyl (C=O) groups excluding carboxylic acids is 2. The van der Waals surface area contributed by atoms with Crippen LogP contribution in [0.5, 0.6) is 5.75 Å². The van der Waals surface area contributed by atoms with E-state index in [0.29, 0.717) is 23.5 Å². The Kier molecular flexibility index (Phi) is 5.78. The summed E-state index contributed by atoms with van der Waals surface area (Å²) in [5.74, 6) is -0.166. The van der Waals surface area contributed by atoms with E-state index in [9.17, 15) is 9.59 Å². The Hall–Kier alpha value is -3.02. The minimum atomic E-state index is -0.537. The maximum atomic E-state index is 12.0. The van der Waals surface area contributed by atoms with E-state index in [1.54, 1.807) is 18.2 Å². The average molecular weight is 327 g/mol. The van der Waals surface area contributed by atoms with Crippen molar-refractivity contribution in [3.8, 4) is 5.75 Å². The van der Waals surface area contributed by atoms with Crippen LogP contribution in [0.15, 0.2) is 42.5 Å². The summed E-state index contributed by atoms with van der Waals surface area (Å²) < 4.78 is 5.21. The molecule has 0 aliphatic heterocycles. The minimum Gasteiger partial charge on any atom is -0.495 e. The Labute approximate surface area is 141 Å². The van der Waals surface area contributed by atoms with Gasteiger partial charge in [-0.2, -0.15) is 0 Å². The third kappa shape index (κ3) is 4.49. The Morgan fingerprint density at radius 2 is 1.92 bits per heavy atom. The number of hydrogen-bond acceptors (Lipinski definition) is 4. The van der Waals surface area contributed by atoms with Gasteiger partial charge >= 0.3 is 0 Å². The van der Waals surface area contributed by atoms with Crippen molar-refractivity contribution in [3.05, 3.63) is 59.2 Å². The van der Waals surface area contributed by atoms with Crippen LogP contribution in [0, 0.1) is 6.92 Å². The summed E-state index contributed by atoms with van der Waals surface area (Å²) >= 11 is 0. The summed E-state index contributed by atoms with van der Waals surface area (Å²) in [6.45, 7) is 2.52. The van der Waals surface area contributed by atoms with Crippen molar-refractivity contribution < 1.29 is 14.3 Å². The predicted octanol–water partition coefficient (Wildman–Crippen LogP) is 1.83. The molecule has 6 nitrogen and oxygen atoms in total. The Bertz CT molecular complexity index is 744. The van der Waals surface area contributed by atoms with E-state index in [4.69, 9.17) is 10.5 Å². The van der Waals surface area contributed by atoms with Crippen LogP contribution in [0.4, 0.5) is 5.69 Å². The Morgan fingerprint density at radius 3 is 2.58 bits per heavy atom. The molecule has 0 saturated heterocycles. The maximum Gasteiger partial charge on any atom is 0.248 e. The van der Waals surface area contributed by atoms with Crippen LogP contribution >= 0.6 is 0 Å². The minimum absolute atomic E-state index is 0.0600. The molecule has 2 rings (SSSR count). The highest BCUT2D eigenvalue weighted by Gasteiger charge is 2.09. The van der Waals surface area contributed by atoms with Crippen molar-refractivity contribution >= 4 is 17.5 Å². The summed E-state index contributed by atoms with van der Waals surface area (Å²) in [5, 5.41) is 5.82. The number of nitrogens with one attached hydrogen (secondary N) is 2. The van der Waals surface area contributed by atoms with Gasteiger partial charge in [-0.25, -0.2) is 0 Å². The van der Waals surface area contributed by atoms with Crippen LogP contribution in [0.3, 0.4) is 0 Å². The van der Waals surface area contributed by atoms with Crippen molar-refractivity contribution in [2.45, 2.75) is 13.5 Å². The van der Waals surface area contributed by atoms with E-state index in [1.807, 2.05) is 31.2 Å². The number of hydrogen-bond donors (Lipinski definition) is 3. The first-order valence-electron chi connectivity index (χ1n) is 7.54. The molecular formula is C18H21N3O3. The van der Waals surface area contributed by atoms with Gasteiger partial charge in [0, 0.05) is 12.1 Å². The van der Waals surface area contributed by atoms with Crippen LogP contribution in [-0.2, 0) is 11.3 Å². The highest BCUT2D eigenvalue weighted by atomic mass is 16.5. The fourth-order valence-corrected chi connectivity index (χ4v) is 2.24. The molecular weight excluding hydrogens is 306 g/mol. The second-order valence-corrected chi connectivity index (χ2v) is 5.34. The molecule has 0 aromatic heterocycles. The van der Waals surface area contributed by atoms with Gasteiger partial charge in [0.2, 0.25) is 11.8 Å². The number of aryl methyl sites for hydroxylation is 1. The van der Waals surface area contributed by atoms with E-state index in [2.05, 4.69) is 10.6 Å². The van der Waals surface area contributed by atoms with Crippen LogP contribution in [-0.4, -0.2) is 25.5 Å². The average Bonchev–Trinajstić information content (AvgIpc) is 2.58. The Balaban J connectivity index is 1.95. The molecule has 24 heavy (non-hydrogen) atoms. The Morgan fingerprint density at radius 1 is 1.17 bits per heavy atom. The molecule has 0 atom stereocenters. The molecule has 2 amide bonds. The first-order valence-corrected chi connectivity index (χ1v) is 7.54. The van der Waals surface area contributed by atoms with E-state index in [-0.39, 0.29) is 12.5 Å². The van der Waals surface area contributed by atoms with Gasteiger partial charge in [0.25, 0.3) is 0 Å². The summed E-state index contributed by atoms with van der Waals surface area (Å²) in [6, 6.07) is 12.6. The monoisotopic (exact) mass is 327 g/mol. The van der Waals surface area contributed by atoms with Crippen molar-refractivity contribution in [1.82, 2.24) is 5.32 Å². The number of rotatable bonds is 7. The van der Waals surface area contributed by atoms with E-state index < -0.39 is 5.91 Å². The molecule has 0 bridgehead atoms. The number of primary amides is 1. The normalized spacial score (nSPS) is 10.1. The molecule has 4 N–H and O–H groups in total. The van der Waals surface area contributed by atoms with Gasteiger partial charge in [-0.1, -0.05) is 24.3 Å². The van der Waals surface area contributed by atoms with E-state index in [1.165, 1.54) is 7.11 Å². The summed E-state index contributed by atoms with van der Waals surface area (Å²) in [7, 11) is 1.52. The highest BCUT2D eigenvalue weighted by Crippen LogP contribution is 2.25. The van der Waals surface area contributed by atoms with Gasteiger partial charge in [0.15, 0.2) is 0 Å². The SMILES string of the molecule is COc1ccc(C(N)=O)cc1NCC(=O)NCc1ccccc1C. The molecule has 0 radical (unpaired) electrons. The highest BCUT2D eigenvalue weighted by molar-refractivity contribution is 5.94. The summed E-state index contributed by atoms with van der Waals surface area (Å²) in [5.41, 5.74) is 8.35. The second kappa shape index (κ2) is 8.01. The molecule has 0 heterocycles. The number of amides is 2. The molecule has 2 aromatic rings. The molecule has 0 aliphatic carbocycles. The molecule has 0 saturated carbocycles. The first kappa shape index (κ1) is 17.3. The van der Waals surface area contributed by atoms with Gasteiger partial charge in [0.05, 0.1) is 19.3 Å². The zero-order valence-electron chi connectivity index (χ0n) is 13.8.